The maximum Gasteiger partial charge on any atom is 0.225 e. The maximum absolute atomic E-state index is 10.0. The first-order valence-corrected chi connectivity index (χ1v) is 5.32. The minimum atomic E-state index is -0.189. The first-order chi connectivity index (χ1) is 7.51. The topological polar surface area (TPSA) is 26.3 Å². The van der Waals surface area contributed by atoms with Gasteiger partial charge < -0.3 is 4.74 Å². The normalized spacial score (nSPS) is 11.7. The van der Waals surface area contributed by atoms with Crippen LogP contribution < -0.4 is 4.74 Å². The Morgan fingerprint density at radius 3 is 2.75 bits per heavy atom. The van der Waals surface area contributed by atoms with E-state index in [0.29, 0.717) is 0 Å². The lowest BCUT2D eigenvalue weighted by Crippen LogP contribution is -2.22. The fraction of sp³-hybridized carbons (Fsp3) is 0.357. The Bertz CT molecular complexity index is 373. The quantitative estimate of drug-likeness (QED) is 0.724. The molecule has 0 N–H and O–H groups in total. The van der Waals surface area contributed by atoms with Crippen molar-refractivity contribution in [3.05, 3.63) is 42.0 Å². The molecule has 85 valence electrons. The molecule has 0 fully saturated rings. The Kier molecular flexibility index (Phi) is 4.29. The lowest BCUT2D eigenvalue weighted by molar-refractivity contribution is 0.131. The summed E-state index contributed by atoms with van der Waals surface area (Å²) in [6, 6.07) is 7.88. The van der Waals surface area contributed by atoms with Gasteiger partial charge in [0.2, 0.25) is 6.29 Å². The number of ether oxygens (including phenoxy) is 1. The average molecular weight is 217 g/mol. The number of benzene rings is 1. The minimum Gasteiger partial charge on any atom is -0.488 e. The van der Waals surface area contributed by atoms with Gasteiger partial charge in [-0.2, -0.15) is 0 Å². The predicted molar refractivity (Wildman–Crippen MR) is 65.4 cm³/mol. The zero-order valence-electron chi connectivity index (χ0n) is 9.99. The molecule has 16 heavy (non-hydrogen) atoms. The highest BCUT2D eigenvalue weighted by Gasteiger charge is 2.11. The Labute approximate surface area is 96.9 Å². The summed E-state index contributed by atoms with van der Waals surface area (Å²) < 4.78 is 5.75. The van der Waals surface area contributed by atoms with Crippen LogP contribution in [-0.4, -0.2) is 11.9 Å². The zero-order chi connectivity index (χ0) is 12.0. The van der Waals surface area contributed by atoms with Crippen LogP contribution in [0.1, 0.15) is 26.3 Å². The minimum absolute atomic E-state index is 0.189. The first kappa shape index (κ1) is 12.5. The molecule has 0 aliphatic heterocycles. The molecule has 1 aromatic carbocycles. The summed E-state index contributed by atoms with van der Waals surface area (Å²) in [5.74, 6) is 0.855. The fourth-order valence-corrected chi connectivity index (χ4v) is 1.33. The van der Waals surface area contributed by atoms with Gasteiger partial charge in [-0.1, -0.05) is 18.2 Å². The number of allylic oxidation sites excluding steroid dienone is 2. The van der Waals surface area contributed by atoms with Crippen molar-refractivity contribution < 1.29 is 9.53 Å². The van der Waals surface area contributed by atoms with E-state index in [1.807, 2.05) is 45.0 Å². The molecule has 1 radical (unpaired) electrons. The average Bonchev–Trinajstić information content (AvgIpc) is 2.16. The molecule has 2 nitrogen and oxygen atoms in total. The fourth-order valence-electron chi connectivity index (χ4n) is 1.33. The smallest absolute Gasteiger partial charge is 0.225 e. The summed E-state index contributed by atoms with van der Waals surface area (Å²) in [5, 5.41) is 0. The van der Waals surface area contributed by atoms with Crippen molar-refractivity contribution in [1.82, 2.24) is 0 Å². The van der Waals surface area contributed by atoms with Gasteiger partial charge in [-0.15, -0.1) is 0 Å². The molecule has 0 unspecified atom stereocenters. The van der Waals surface area contributed by atoms with Crippen molar-refractivity contribution in [2.75, 3.05) is 0 Å². The van der Waals surface area contributed by atoms with E-state index in [0.717, 1.165) is 17.7 Å². The van der Waals surface area contributed by atoms with Crippen molar-refractivity contribution >= 4 is 6.29 Å². The van der Waals surface area contributed by atoms with Gasteiger partial charge in [0.1, 0.15) is 11.4 Å². The van der Waals surface area contributed by atoms with Gasteiger partial charge in [0.05, 0.1) is 0 Å². The van der Waals surface area contributed by atoms with Crippen LogP contribution >= 0.6 is 0 Å². The molecule has 0 saturated carbocycles. The van der Waals surface area contributed by atoms with E-state index in [1.165, 1.54) is 6.08 Å². The second kappa shape index (κ2) is 5.50. The van der Waals surface area contributed by atoms with E-state index < -0.39 is 0 Å². The van der Waals surface area contributed by atoms with Gasteiger partial charge in [-0.25, -0.2) is 0 Å². The lowest BCUT2D eigenvalue weighted by Gasteiger charge is -2.21. The van der Waals surface area contributed by atoms with Crippen LogP contribution in [0.3, 0.4) is 0 Å². The van der Waals surface area contributed by atoms with Gasteiger partial charge in [-0.05, 0) is 51.0 Å². The Morgan fingerprint density at radius 2 is 2.12 bits per heavy atom. The van der Waals surface area contributed by atoms with Crippen molar-refractivity contribution in [2.45, 2.75) is 32.8 Å². The molecule has 1 aromatic rings. The molecule has 0 bridgehead atoms. The Morgan fingerprint density at radius 1 is 1.38 bits per heavy atom. The van der Waals surface area contributed by atoms with Crippen molar-refractivity contribution in [3.8, 4) is 5.75 Å². The van der Waals surface area contributed by atoms with E-state index in [4.69, 9.17) is 4.74 Å². The van der Waals surface area contributed by atoms with Crippen LogP contribution in [0, 0.1) is 0 Å². The molecular formula is C14H17O2. The highest BCUT2D eigenvalue weighted by atomic mass is 16.5. The molecule has 0 aliphatic carbocycles. The van der Waals surface area contributed by atoms with Gasteiger partial charge in [0.25, 0.3) is 0 Å². The van der Waals surface area contributed by atoms with Gasteiger partial charge in [0.15, 0.2) is 0 Å². The third kappa shape index (κ3) is 4.78. The Hall–Kier alpha value is -1.57. The summed E-state index contributed by atoms with van der Waals surface area (Å²) in [4.78, 5) is 10.0. The monoisotopic (exact) mass is 217 g/mol. The number of rotatable bonds is 4. The summed E-state index contributed by atoms with van der Waals surface area (Å²) in [6.07, 6.45) is 5.61. The Balaban J connectivity index is 2.71. The molecule has 0 spiro atoms. The van der Waals surface area contributed by atoms with Crippen LogP contribution in [0.5, 0.6) is 5.75 Å². The van der Waals surface area contributed by atoms with E-state index in [-0.39, 0.29) is 5.60 Å². The van der Waals surface area contributed by atoms with E-state index in [2.05, 4.69) is 0 Å². The summed E-state index contributed by atoms with van der Waals surface area (Å²) >= 11 is 0. The van der Waals surface area contributed by atoms with Gasteiger partial charge in [-0.3, -0.25) is 4.79 Å². The van der Waals surface area contributed by atoms with Crippen molar-refractivity contribution in [1.29, 1.82) is 0 Å². The van der Waals surface area contributed by atoms with E-state index in [9.17, 15) is 4.79 Å². The van der Waals surface area contributed by atoms with E-state index in [1.54, 1.807) is 12.4 Å². The van der Waals surface area contributed by atoms with Crippen molar-refractivity contribution in [3.63, 3.8) is 0 Å². The molecule has 0 aromatic heterocycles. The number of carbonyl (C=O) groups excluding carboxylic acids is 1. The van der Waals surface area contributed by atoms with Crippen LogP contribution in [0.15, 0.2) is 36.4 Å². The molecule has 0 atom stereocenters. The van der Waals surface area contributed by atoms with Gasteiger partial charge >= 0.3 is 0 Å². The molecule has 2 heteroatoms. The van der Waals surface area contributed by atoms with Crippen LogP contribution in [0.25, 0.3) is 0 Å². The SMILES string of the molecule is CC(C)(C)Oc1cccc(CC=C[C]=O)c1. The van der Waals surface area contributed by atoms with Crippen LogP contribution in [-0.2, 0) is 11.2 Å². The summed E-state index contributed by atoms with van der Waals surface area (Å²) in [5.41, 5.74) is 0.929. The molecule has 0 saturated heterocycles. The highest BCUT2D eigenvalue weighted by Crippen LogP contribution is 2.19. The highest BCUT2D eigenvalue weighted by molar-refractivity contribution is 5.65. The molecule has 0 aliphatic rings. The number of hydrogen-bond acceptors (Lipinski definition) is 2. The van der Waals surface area contributed by atoms with E-state index >= 15 is 0 Å². The van der Waals surface area contributed by atoms with Crippen LogP contribution in [0.4, 0.5) is 0 Å². The molecule has 0 heterocycles. The molecule has 0 amide bonds. The first-order valence-electron chi connectivity index (χ1n) is 5.32. The lowest BCUT2D eigenvalue weighted by atomic mass is 10.1. The second-order valence-corrected chi connectivity index (χ2v) is 4.59. The van der Waals surface area contributed by atoms with Crippen molar-refractivity contribution in [2.24, 2.45) is 0 Å². The second-order valence-electron chi connectivity index (χ2n) is 4.59. The third-order valence-corrected chi connectivity index (χ3v) is 1.86. The van der Waals surface area contributed by atoms with Crippen LogP contribution in [0.2, 0.25) is 0 Å². The molecule has 1 rings (SSSR count). The largest absolute Gasteiger partial charge is 0.488 e. The maximum atomic E-state index is 10.0. The molecular weight excluding hydrogens is 200 g/mol. The predicted octanol–water partition coefficient (Wildman–Crippen LogP) is 3.07. The standard InChI is InChI=1S/C14H17O2/c1-14(2,3)16-13-9-6-8-12(11-13)7-4-5-10-15/h4-6,8-9,11H,7H2,1-3H3. The van der Waals surface area contributed by atoms with Gasteiger partial charge in [0, 0.05) is 0 Å². The summed E-state index contributed by atoms with van der Waals surface area (Å²) in [6.45, 7) is 6.04. The third-order valence-electron chi connectivity index (χ3n) is 1.86. The zero-order valence-corrected chi connectivity index (χ0v) is 9.99. The summed E-state index contributed by atoms with van der Waals surface area (Å²) in [7, 11) is 0. The number of hydrogen-bond donors (Lipinski definition) is 0.